The highest BCUT2D eigenvalue weighted by Crippen LogP contribution is 2.43. The van der Waals surface area contributed by atoms with E-state index in [-0.39, 0.29) is 5.41 Å². The highest BCUT2D eigenvalue weighted by molar-refractivity contribution is 7.22. The quantitative estimate of drug-likeness (QED) is 0.855. The Bertz CT molecular complexity index is 714. The van der Waals surface area contributed by atoms with Crippen LogP contribution in [0, 0.1) is 5.41 Å². The summed E-state index contributed by atoms with van der Waals surface area (Å²) in [6.07, 6.45) is 3.02. The first kappa shape index (κ1) is 15.8. The third-order valence-corrected chi connectivity index (χ3v) is 6.39. The maximum atomic E-state index is 13.0. The lowest BCUT2D eigenvalue weighted by Gasteiger charge is -2.39. The summed E-state index contributed by atoms with van der Waals surface area (Å²) in [6.45, 7) is 3.91. The largest absolute Gasteiger partial charge is 0.383 e. The predicted molar refractivity (Wildman–Crippen MR) is 96.6 cm³/mol. The van der Waals surface area contributed by atoms with E-state index in [1.54, 1.807) is 18.4 Å². The molecule has 0 bridgehead atoms. The predicted octanol–water partition coefficient (Wildman–Crippen LogP) is 2.76. The van der Waals surface area contributed by atoms with E-state index >= 15 is 0 Å². The van der Waals surface area contributed by atoms with Gasteiger partial charge in [-0.15, -0.1) is 0 Å². The number of benzene rings is 1. The number of methoxy groups -OCH3 is 1. The average Bonchev–Trinajstić information content (AvgIpc) is 3.21. The third kappa shape index (κ3) is 2.67. The summed E-state index contributed by atoms with van der Waals surface area (Å²) in [5.74, 6) is 0.314. The molecule has 3 heterocycles. The number of fused-ring (bicyclic) bond motifs is 1. The molecule has 1 aromatic carbocycles. The smallest absolute Gasteiger partial charge is 0.230 e. The van der Waals surface area contributed by atoms with Gasteiger partial charge >= 0.3 is 0 Å². The number of amides is 1. The topological polar surface area (TPSA) is 45.7 Å². The summed E-state index contributed by atoms with van der Waals surface area (Å²) in [5, 5.41) is 1.05. The van der Waals surface area contributed by atoms with E-state index in [1.165, 1.54) is 4.70 Å². The van der Waals surface area contributed by atoms with Gasteiger partial charge < -0.3 is 14.5 Å². The van der Waals surface area contributed by atoms with Crippen molar-refractivity contribution in [1.82, 2.24) is 9.88 Å². The van der Waals surface area contributed by atoms with Crippen molar-refractivity contribution in [2.75, 3.05) is 44.8 Å². The van der Waals surface area contributed by atoms with Gasteiger partial charge in [-0.2, -0.15) is 0 Å². The molecule has 6 heteroatoms. The lowest BCUT2D eigenvalue weighted by atomic mass is 9.78. The van der Waals surface area contributed by atoms with Gasteiger partial charge in [-0.1, -0.05) is 23.5 Å². The Labute approximate surface area is 146 Å². The third-order valence-electron chi connectivity index (χ3n) is 5.30. The van der Waals surface area contributed by atoms with Crippen LogP contribution in [0.25, 0.3) is 10.2 Å². The van der Waals surface area contributed by atoms with Crippen molar-refractivity contribution in [2.24, 2.45) is 5.41 Å². The summed E-state index contributed by atoms with van der Waals surface area (Å²) in [5.41, 5.74) is 0.833. The highest BCUT2D eigenvalue weighted by Gasteiger charge is 2.48. The van der Waals surface area contributed by atoms with E-state index in [1.807, 2.05) is 17.0 Å². The molecular weight excluding hydrogens is 322 g/mol. The first-order valence-corrected chi connectivity index (χ1v) is 9.42. The van der Waals surface area contributed by atoms with Crippen molar-refractivity contribution in [2.45, 2.75) is 19.3 Å². The molecule has 2 aliphatic heterocycles. The summed E-state index contributed by atoms with van der Waals surface area (Å²) >= 11 is 1.73. The minimum atomic E-state index is -0.218. The van der Waals surface area contributed by atoms with Crippen LogP contribution in [-0.2, 0) is 9.53 Å². The maximum absolute atomic E-state index is 13.0. The standard InChI is InChI=1S/C18H23N3O2S/c1-23-12-11-20-9-4-7-18(16(20)22)8-10-21(13-18)17-19-14-5-2-3-6-15(14)24-17/h2-3,5-6H,4,7-13H2,1H3/t18-/m1/s1. The minimum Gasteiger partial charge on any atom is -0.383 e. The van der Waals surface area contributed by atoms with Crippen LogP contribution >= 0.6 is 11.3 Å². The molecule has 1 amide bonds. The van der Waals surface area contributed by atoms with Crippen LogP contribution < -0.4 is 4.90 Å². The Morgan fingerprint density at radius 1 is 1.29 bits per heavy atom. The minimum absolute atomic E-state index is 0.218. The van der Waals surface area contributed by atoms with Gasteiger partial charge in [0, 0.05) is 33.3 Å². The molecule has 2 aromatic rings. The molecular formula is C18H23N3O2S. The SMILES string of the molecule is COCCN1CCC[C@]2(CCN(c3nc4ccccc4s3)C2)C1=O. The molecule has 128 valence electrons. The molecule has 1 spiro atoms. The number of nitrogens with zero attached hydrogens (tertiary/aromatic N) is 3. The van der Waals surface area contributed by atoms with Crippen molar-refractivity contribution in [1.29, 1.82) is 0 Å². The number of ether oxygens (including phenoxy) is 1. The van der Waals surface area contributed by atoms with Crippen LogP contribution in [0.1, 0.15) is 19.3 Å². The summed E-state index contributed by atoms with van der Waals surface area (Å²) in [7, 11) is 1.69. The lowest BCUT2D eigenvalue weighted by molar-refractivity contribution is -0.145. The molecule has 2 saturated heterocycles. The molecule has 0 unspecified atom stereocenters. The van der Waals surface area contributed by atoms with Gasteiger partial charge in [-0.25, -0.2) is 4.98 Å². The number of carbonyl (C=O) groups excluding carboxylic acids is 1. The Kier molecular flexibility index (Phi) is 4.18. The molecule has 1 aromatic heterocycles. The molecule has 0 radical (unpaired) electrons. The molecule has 24 heavy (non-hydrogen) atoms. The summed E-state index contributed by atoms with van der Waals surface area (Å²) in [4.78, 5) is 22.1. The highest BCUT2D eigenvalue weighted by atomic mass is 32.1. The van der Waals surface area contributed by atoms with E-state index < -0.39 is 0 Å². The molecule has 1 atom stereocenters. The average molecular weight is 345 g/mol. The first-order valence-electron chi connectivity index (χ1n) is 8.61. The number of likely N-dealkylation sites (tertiary alicyclic amines) is 1. The number of piperidine rings is 1. The molecule has 0 aliphatic carbocycles. The molecule has 0 N–H and O–H groups in total. The molecule has 0 saturated carbocycles. The molecule has 2 fully saturated rings. The van der Waals surface area contributed by atoms with Gasteiger partial charge in [0.1, 0.15) is 0 Å². The van der Waals surface area contributed by atoms with Crippen LogP contribution in [0.2, 0.25) is 0 Å². The number of carbonyl (C=O) groups is 1. The number of rotatable bonds is 4. The van der Waals surface area contributed by atoms with E-state index in [0.29, 0.717) is 19.1 Å². The zero-order chi connectivity index (χ0) is 16.6. The van der Waals surface area contributed by atoms with Crippen molar-refractivity contribution in [3.8, 4) is 0 Å². The lowest BCUT2D eigenvalue weighted by Crippen LogP contribution is -2.50. The number of para-hydroxylation sites is 1. The van der Waals surface area contributed by atoms with Crippen molar-refractivity contribution >= 4 is 32.6 Å². The molecule has 4 rings (SSSR count). The van der Waals surface area contributed by atoms with Crippen LogP contribution in [0.15, 0.2) is 24.3 Å². The second-order valence-corrected chi connectivity index (χ2v) is 7.81. The number of hydrogen-bond acceptors (Lipinski definition) is 5. The van der Waals surface area contributed by atoms with Gasteiger partial charge in [-0.3, -0.25) is 4.79 Å². The zero-order valence-electron chi connectivity index (χ0n) is 14.0. The van der Waals surface area contributed by atoms with E-state index in [2.05, 4.69) is 17.0 Å². The van der Waals surface area contributed by atoms with Crippen LogP contribution in [0.3, 0.4) is 0 Å². The normalized spacial score (nSPS) is 24.5. The number of hydrogen-bond donors (Lipinski definition) is 0. The molecule has 5 nitrogen and oxygen atoms in total. The van der Waals surface area contributed by atoms with Crippen molar-refractivity contribution < 1.29 is 9.53 Å². The second-order valence-electron chi connectivity index (χ2n) is 6.80. The van der Waals surface area contributed by atoms with Crippen molar-refractivity contribution in [3.05, 3.63) is 24.3 Å². The van der Waals surface area contributed by atoms with E-state index in [0.717, 1.165) is 49.5 Å². The van der Waals surface area contributed by atoms with Crippen LogP contribution in [0.5, 0.6) is 0 Å². The number of anilines is 1. The van der Waals surface area contributed by atoms with Gasteiger partial charge in [0.25, 0.3) is 0 Å². The van der Waals surface area contributed by atoms with E-state index in [4.69, 9.17) is 9.72 Å². The van der Waals surface area contributed by atoms with Crippen LogP contribution in [-0.4, -0.2) is 55.7 Å². The summed E-state index contributed by atoms with van der Waals surface area (Å²) in [6, 6.07) is 8.24. The Hall–Kier alpha value is -1.66. The Morgan fingerprint density at radius 3 is 3.00 bits per heavy atom. The summed E-state index contributed by atoms with van der Waals surface area (Å²) < 4.78 is 6.37. The van der Waals surface area contributed by atoms with Gasteiger partial charge in [-0.05, 0) is 31.4 Å². The van der Waals surface area contributed by atoms with Gasteiger partial charge in [0.05, 0.1) is 22.2 Å². The fourth-order valence-electron chi connectivity index (χ4n) is 3.98. The first-order chi connectivity index (χ1) is 11.7. The van der Waals surface area contributed by atoms with Gasteiger partial charge in [0.15, 0.2) is 5.13 Å². The van der Waals surface area contributed by atoms with Crippen molar-refractivity contribution in [3.63, 3.8) is 0 Å². The monoisotopic (exact) mass is 345 g/mol. The maximum Gasteiger partial charge on any atom is 0.230 e. The zero-order valence-corrected chi connectivity index (χ0v) is 14.8. The number of thiazole rings is 1. The number of aromatic nitrogens is 1. The molecule has 2 aliphatic rings. The Morgan fingerprint density at radius 2 is 2.17 bits per heavy atom. The van der Waals surface area contributed by atoms with Gasteiger partial charge in [0.2, 0.25) is 5.91 Å². The fourth-order valence-corrected chi connectivity index (χ4v) is 4.97. The Balaban J connectivity index is 1.53. The second kappa shape index (κ2) is 6.33. The fraction of sp³-hybridized carbons (Fsp3) is 0.556. The van der Waals surface area contributed by atoms with E-state index in [9.17, 15) is 4.79 Å². The van der Waals surface area contributed by atoms with Crippen LogP contribution in [0.4, 0.5) is 5.13 Å².